The number of nitrogens with zero attached hydrogens (tertiary/aromatic N) is 2. The first-order valence-electron chi connectivity index (χ1n) is 20.3. The van der Waals surface area contributed by atoms with Crippen molar-refractivity contribution < 1.29 is 0 Å². The lowest BCUT2D eigenvalue weighted by molar-refractivity contribution is 1.32. The lowest BCUT2D eigenvalue weighted by atomic mass is 9.95. The molecule has 0 amide bonds. The number of fused-ring (bicyclic) bond motifs is 10. The van der Waals surface area contributed by atoms with E-state index in [4.69, 9.17) is 0 Å². The van der Waals surface area contributed by atoms with Crippen LogP contribution in [0, 0.1) is 0 Å². The van der Waals surface area contributed by atoms with Gasteiger partial charge in [-0.25, -0.2) is 0 Å². The van der Waals surface area contributed by atoms with Crippen LogP contribution in [-0.2, 0) is 0 Å². The number of rotatable bonds is 4. The highest BCUT2D eigenvalue weighted by molar-refractivity contribution is 6.23. The Morgan fingerprint density at radius 2 is 0.600 bits per heavy atom. The molecule has 13 rings (SSSR count). The van der Waals surface area contributed by atoms with Crippen LogP contribution in [-0.4, -0.2) is 8.80 Å². The van der Waals surface area contributed by atoms with Crippen LogP contribution in [0.15, 0.2) is 204 Å². The molecule has 0 aliphatic rings. The van der Waals surface area contributed by atoms with E-state index in [1.54, 1.807) is 0 Å². The Bertz CT molecular complexity index is 3740. The van der Waals surface area contributed by atoms with Crippen LogP contribution in [0.5, 0.6) is 0 Å². The number of hydrogen-bond acceptors (Lipinski definition) is 2. The molecule has 0 aliphatic carbocycles. The van der Waals surface area contributed by atoms with Gasteiger partial charge in [0.15, 0.2) is 10.9 Å². The predicted octanol–water partition coefficient (Wildman–Crippen LogP) is 13.4. The molecule has 278 valence electrons. The van der Waals surface area contributed by atoms with Crippen LogP contribution in [0.3, 0.4) is 0 Å². The minimum atomic E-state index is -0.0511. The summed E-state index contributed by atoms with van der Waals surface area (Å²) in [7, 11) is 0. The average molecular weight is 765 g/mol. The summed E-state index contributed by atoms with van der Waals surface area (Å²) in [6.45, 7) is 0. The first kappa shape index (κ1) is 32.9. The third-order valence-electron chi connectivity index (χ3n) is 12.8. The van der Waals surface area contributed by atoms with Gasteiger partial charge in [0, 0.05) is 32.3 Å². The smallest absolute Gasteiger partial charge is 0.197 e. The van der Waals surface area contributed by atoms with Crippen LogP contribution in [0.2, 0.25) is 0 Å². The second kappa shape index (κ2) is 12.2. The molecule has 0 saturated heterocycles. The van der Waals surface area contributed by atoms with Crippen LogP contribution < -0.4 is 10.9 Å². The van der Waals surface area contributed by atoms with Crippen molar-refractivity contribution in [1.82, 2.24) is 8.80 Å². The van der Waals surface area contributed by atoms with E-state index in [2.05, 4.69) is 142 Å². The van der Waals surface area contributed by atoms with E-state index in [1.807, 2.05) is 60.7 Å². The summed E-state index contributed by atoms with van der Waals surface area (Å²) in [6, 6.07) is 66.8. The molecule has 0 atom stereocenters. The molecule has 0 saturated carbocycles. The van der Waals surface area contributed by atoms with Crippen molar-refractivity contribution in [3.63, 3.8) is 0 Å². The van der Waals surface area contributed by atoms with E-state index in [9.17, 15) is 0 Å². The molecule has 0 unspecified atom stereocenters. The van der Waals surface area contributed by atoms with Crippen molar-refractivity contribution in [3.05, 3.63) is 215 Å². The predicted molar refractivity (Wildman–Crippen MR) is 250 cm³/mol. The second-order valence-corrected chi connectivity index (χ2v) is 15.9. The van der Waals surface area contributed by atoms with Gasteiger partial charge in [-0.1, -0.05) is 170 Å². The van der Waals surface area contributed by atoms with Crippen molar-refractivity contribution in [2.24, 2.45) is 0 Å². The molecule has 13 aromatic rings. The maximum absolute atomic E-state index is 15.5. The fraction of sp³-hybridized carbons (Fsp3) is 0. The van der Waals surface area contributed by atoms with Gasteiger partial charge in [-0.05, 0) is 68.8 Å². The largest absolute Gasteiger partial charge is 0.308 e. The summed E-state index contributed by atoms with van der Waals surface area (Å²) in [4.78, 5) is 31.0. The van der Waals surface area contributed by atoms with Gasteiger partial charge in [-0.2, -0.15) is 0 Å². The molecule has 0 radical (unpaired) electrons. The highest BCUT2D eigenvalue weighted by Crippen LogP contribution is 2.43. The van der Waals surface area contributed by atoms with Crippen LogP contribution in [0.4, 0.5) is 0 Å². The fourth-order valence-corrected chi connectivity index (χ4v) is 10.1. The Morgan fingerprint density at radius 1 is 0.267 bits per heavy atom. The van der Waals surface area contributed by atoms with Gasteiger partial charge < -0.3 is 8.80 Å². The summed E-state index contributed by atoms with van der Waals surface area (Å²) in [5.41, 5.74) is 13.2. The summed E-state index contributed by atoms with van der Waals surface area (Å²) < 4.78 is 4.50. The molecule has 0 spiro atoms. The number of benzene rings is 9. The summed E-state index contributed by atoms with van der Waals surface area (Å²) in [5, 5.41) is 6.60. The highest BCUT2D eigenvalue weighted by Gasteiger charge is 2.25. The van der Waals surface area contributed by atoms with Crippen molar-refractivity contribution >= 4 is 76.2 Å². The molecule has 0 aliphatic heterocycles. The van der Waals surface area contributed by atoms with E-state index >= 15 is 9.59 Å². The van der Waals surface area contributed by atoms with Crippen molar-refractivity contribution in [3.8, 4) is 44.5 Å². The minimum Gasteiger partial charge on any atom is -0.308 e. The maximum atomic E-state index is 15.5. The molecule has 0 N–H and O–H groups in total. The maximum Gasteiger partial charge on any atom is 0.197 e. The van der Waals surface area contributed by atoms with Gasteiger partial charge in [0.05, 0.1) is 43.9 Å². The quantitative estimate of drug-likeness (QED) is 0.168. The van der Waals surface area contributed by atoms with Gasteiger partial charge in [0.25, 0.3) is 0 Å². The number of hydrogen-bond donors (Lipinski definition) is 0. The zero-order valence-corrected chi connectivity index (χ0v) is 32.2. The summed E-state index contributed by atoms with van der Waals surface area (Å²) in [6.07, 6.45) is 0. The highest BCUT2D eigenvalue weighted by atomic mass is 16.1. The zero-order valence-electron chi connectivity index (χ0n) is 32.2. The first-order chi connectivity index (χ1) is 29.6. The Balaban J connectivity index is 1.26. The normalized spacial score (nSPS) is 12.1. The third kappa shape index (κ3) is 4.45. The molecule has 4 nitrogen and oxygen atoms in total. The standard InChI is InChI=1S/C56H32N2O2/c59-55-45-32-50-46(56(60)52-40(36-19-11-4-12-20-36)26-28-44-42-24-22-38(34-15-7-2-8-16-34)30-48(42)58(50)54(44)52)31-49(45)57-47-29-37(33-13-5-1-6-14-33)21-23-41(47)43-27-25-39(51(55)53(43)57)35-17-9-3-10-18-35/h1-32H. The minimum absolute atomic E-state index is 0.0511. The van der Waals surface area contributed by atoms with Gasteiger partial charge in [0.1, 0.15) is 0 Å². The Hall–Kier alpha value is -8.08. The van der Waals surface area contributed by atoms with Crippen molar-refractivity contribution in [2.45, 2.75) is 0 Å². The molecular weight excluding hydrogens is 733 g/mol. The molecule has 4 aromatic heterocycles. The topological polar surface area (TPSA) is 43.0 Å². The summed E-state index contributed by atoms with van der Waals surface area (Å²) in [5.74, 6) is 0. The van der Waals surface area contributed by atoms with E-state index in [0.717, 1.165) is 88.1 Å². The first-order valence-corrected chi connectivity index (χ1v) is 20.3. The van der Waals surface area contributed by atoms with Gasteiger partial charge >= 0.3 is 0 Å². The Kier molecular flexibility index (Phi) is 6.71. The third-order valence-corrected chi connectivity index (χ3v) is 12.8. The van der Waals surface area contributed by atoms with E-state index in [0.29, 0.717) is 32.6 Å². The number of aromatic nitrogens is 2. The van der Waals surface area contributed by atoms with E-state index < -0.39 is 0 Å². The van der Waals surface area contributed by atoms with Crippen LogP contribution in [0.25, 0.3) is 121 Å². The lowest BCUT2D eigenvalue weighted by Crippen LogP contribution is -2.12. The van der Waals surface area contributed by atoms with Crippen LogP contribution in [0.1, 0.15) is 0 Å². The number of pyridine rings is 2. The molecule has 0 bridgehead atoms. The monoisotopic (exact) mass is 764 g/mol. The zero-order chi connectivity index (χ0) is 39.6. The molecule has 0 fully saturated rings. The summed E-state index contributed by atoms with van der Waals surface area (Å²) >= 11 is 0. The average Bonchev–Trinajstić information content (AvgIpc) is 3.83. The Morgan fingerprint density at radius 3 is 0.983 bits per heavy atom. The molecule has 9 aromatic carbocycles. The van der Waals surface area contributed by atoms with Gasteiger partial charge in [0.2, 0.25) is 0 Å². The molecule has 4 heterocycles. The van der Waals surface area contributed by atoms with Gasteiger partial charge in [-0.3, -0.25) is 9.59 Å². The van der Waals surface area contributed by atoms with Gasteiger partial charge in [-0.15, -0.1) is 0 Å². The van der Waals surface area contributed by atoms with Crippen molar-refractivity contribution in [2.75, 3.05) is 0 Å². The second-order valence-electron chi connectivity index (χ2n) is 15.9. The van der Waals surface area contributed by atoms with E-state index in [-0.39, 0.29) is 10.9 Å². The Labute approximate surface area is 342 Å². The molecular formula is C56H32N2O2. The van der Waals surface area contributed by atoms with Crippen LogP contribution >= 0.6 is 0 Å². The SMILES string of the molecule is O=c1c2cc3c(cc2n2c4cc(-c5ccccc5)ccc4c4ccc(-c5ccccc5)c1c42)c(=O)c1c(-c2ccccc2)ccc2c4ccc(-c5ccccc5)cc4n3c12. The van der Waals surface area contributed by atoms with Crippen molar-refractivity contribution in [1.29, 1.82) is 0 Å². The molecule has 60 heavy (non-hydrogen) atoms. The molecule has 4 heteroatoms. The van der Waals surface area contributed by atoms with E-state index in [1.165, 1.54) is 0 Å². The fourth-order valence-electron chi connectivity index (χ4n) is 10.1. The lowest BCUT2D eigenvalue weighted by Gasteiger charge is -2.15.